The minimum absolute atomic E-state index is 0. The van der Waals surface area contributed by atoms with Gasteiger partial charge in [0.2, 0.25) is 0 Å². The Hall–Kier alpha value is -1.68. The highest BCUT2D eigenvalue weighted by molar-refractivity contribution is 14.0. The fourth-order valence-electron chi connectivity index (χ4n) is 3.30. The Morgan fingerprint density at radius 2 is 2.07 bits per heavy atom. The third kappa shape index (κ3) is 6.16. The molecule has 0 aliphatic carbocycles. The average molecular weight is 501 g/mol. The highest BCUT2D eigenvalue weighted by Crippen LogP contribution is 2.25. The molecule has 8 heteroatoms. The first-order valence-corrected chi connectivity index (χ1v) is 9.47. The number of guanidine groups is 1. The van der Waals surface area contributed by atoms with Crippen molar-refractivity contribution in [3.8, 4) is 0 Å². The first-order chi connectivity index (χ1) is 13.0. The zero-order valence-corrected chi connectivity index (χ0v) is 19.0. The number of ether oxygens (including phenoxy) is 1. The Morgan fingerprint density at radius 1 is 1.32 bits per heavy atom. The maximum absolute atomic E-state index is 13.2. The lowest BCUT2D eigenvalue weighted by atomic mass is 10.1. The summed E-state index contributed by atoms with van der Waals surface area (Å²) in [5, 5.41) is 7.58. The van der Waals surface area contributed by atoms with E-state index in [9.17, 15) is 4.39 Å². The molecule has 1 N–H and O–H groups in total. The lowest BCUT2D eigenvalue weighted by Crippen LogP contribution is -2.50. The van der Waals surface area contributed by atoms with Crippen LogP contribution in [-0.4, -0.2) is 52.9 Å². The highest BCUT2D eigenvalue weighted by atomic mass is 127. The third-order valence-corrected chi connectivity index (χ3v) is 4.56. The van der Waals surface area contributed by atoms with Gasteiger partial charge in [-0.15, -0.1) is 24.0 Å². The summed E-state index contributed by atoms with van der Waals surface area (Å²) in [5.74, 6) is 0.661. The van der Waals surface area contributed by atoms with Gasteiger partial charge in [-0.3, -0.25) is 9.67 Å². The summed E-state index contributed by atoms with van der Waals surface area (Å²) in [6.45, 7) is 7.09. The van der Waals surface area contributed by atoms with Crippen LogP contribution in [-0.2, 0) is 18.2 Å². The van der Waals surface area contributed by atoms with Crippen molar-refractivity contribution in [2.45, 2.75) is 32.5 Å². The van der Waals surface area contributed by atoms with Gasteiger partial charge in [0.1, 0.15) is 11.9 Å². The molecule has 1 aromatic carbocycles. The van der Waals surface area contributed by atoms with Crippen LogP contribution in [0.2, 0.25) is 0 Å². The molecule has 1 aliphatic heterocycles. The Bertz CT molecular complexity index is 764. The molecule has 2 heterocycles. The predicted molar refractivity (Wildman–Crippen MR) is 120 cm³/mol. The number of rotatable bonds is 5. The quantitative estimate of drug-likeness (QED) is 0.389. The summed E-state index contributed by atoms with van der Waals surface area (Å²) in [5.41, 5.74) is 2.16. The van der Waals surface area contributed by atoms with Crippen molar-refractivity contribution in [1.29, 1.82) is 0 Å². The Labute approximate surface area is 183 Å². The van der Waals surface area contributed by atoms with Crippen molar-refractivity contribution in [2.75, 3.05) is 26.2 Å². The van der Waals surface area contributed by atoms with Crippen LogP contribution >= 0.6 is 24.0 Å². The number of halogens is 2. The average Bonchev–Trinajstić information content (AvgIpc) is 3.06. The predicted octanol–water partition coefficient (Wildman–Crippen LogP) is 3.15. The molecule has 154 valence electrons. The summed E-state index contributed by atoms with van der Waals surface area (Å²) < 4.78 is 21.1. The maximum Gasteiger partial charge on any atom is 0.194 e. The van der Waals surface area contributed by atoms with Crippen molar-refractivity contribution in [2.24, 2.45) is 12.0 Å². The van der Waals surface area contributed by atoms with Gasteiger partial charge in [-0.2, -0.15) is 5.10 Å². The van der Waals surface area contributed by atoms with E-state index in [1.807, 2.05) is 19.4 Å². The molecule has 2 atom stereocenters. The smallest absolute Gasteiger partial charge is 0.194 e. The topological polar surface area (TPSA) is 54.7 Å². The van der Waals surface area contributed by atoms with Crippen LogP contribution < -0.4 is 5.32 Å². The van der Waals surface area contributed by atoms with Gasteiger partial charge in [-0.05, 0) is 43.5 Å². The number of morpholine rings is 1. The summed E-state index contributed by atoms with van der Waals surface area (Å²) in [4.78, 5) is 7.03. The molecule has 28 heavy (non-hydrogen) atoms. The van der Waals surface area contributed by atoms with E-state index in [1.165, 1.54) is 17.7 Å². The van der Waals surface area contributed by atoms with Crippen molar-refractivity contribution in [1.82, 2.24) is 20.0 Å². The van der Waals surface area contributed by atoms with Crippen molar-refractivity contribution in [3.05, 3.63) is 53.6 Å². The standard InChI is InChI=1S/C20H28FN5O.HI/c1-4-22-20(23-10-9-16-11-24-25(3)13-16)26-12-15(2)27-19(14-26)17-5-7-18(21)8-6-17;/h5-8,11,13,15,19H,4,9-10,12,14H2,1-3H3,(H,22,23);1H. The van der Waals surface area contributed by atoms with E-state index in [0.29, 0.717) is 13.1 Å². The van der Waals surface area contributed by atoms with Crippen LogP contribution in [0.5, 0.6) is 0 Å². The van der Waals surface area contributed by atoms with Crippen LogP contribution in [0.15, 0.2) is 41.7 Å². The molecular formula is C20H29FIN5O. The highest BCUT2D eigenvalue weighted by Gasteiger charge is 2.28. The zero-order chi connectivity index (χ0) is 19.2. The maximum atomic E-state index is 13.2. The number of hydrogen-bond donors (Lipinski definition) is 1. The van der Waals surface area contributed by atoms with Gasteiger partial charge in [-0.25, -0.2) is 4.39 Å². The van der Waals surface area contributed by atoms with E-state index in [2.05, 4.69) is 29.2 Å². The van der Waals surface area contributed by atoms with E-state index >= 15 is 0 Å². The van der Waals surface area contributed by atoms with Crippen LogP contribution in [0.25, 0.3) is 0 Å². The van der Waals surface area contributed by atoms with Crippen LogP contribution in [0.3, 0.4) is 0 Å². The molecule has 0 bridgehead atoms. The molecule has 1 aliphatic rings. The van der Waals surface area contributed by atoms with Gasteiger partial charge in [0, 0.05) is 32.9 Å². The summed E-state index contributed by atoms with van der Waals surface area (Å²) in [6, 6.07) is 6.55. The molecule has 1 aromatic heterocycles. The van der Waals surface area contributed by atoms with E-state index in [4.69, 9.17) is 9.73 Å². The fourth-order valence-corrected chi connectivity index (χ4v) is 3.30. The van der Waals surface area contributed by atoms with E-state index in [0.717, 1.165) is 31.0 Å². The van der Waals surface area contributed by atoms with Crippen molar-refractivity contribution in [3.63, 3.8) is 0 Å². The van der Waals surface area contributed by atoms with Gasteiger partial charge in [0.05, 0.1) is 18.8 Å². The van der Waals surface area contributed by atoms with Crippen LogP contribution in [0.1, 0.15) is 31.1 Å². The SMILES string of the molecule is CCNC(=NCCc1cnn(C)c1)N1CC(C)OC(c2ccc(F)cc2)C1.I. The minimum atomic E-state index is -0.232. The van der Waals surface area contributed by atoms with Gasteiger partial charge >= 0.3 is 0 Å². The lowest BCUT2D eigenvalue weighted by molar-refractivity contribution is -0.0605. The van der Waals surface area contributed by atoms with Gasteiger partial charge < -0.3 is 15.0 Å². The molecule has 3 rings (SSSR count). The Morgan fingerprint density at radius 3 is 2.71 bits per heavy atom. The minimum Gasteiger partial charge on any atom is -0.367 e. The van der Waals surface area contributed by atoms with E-state index in [1.54, 1.807) is 16.8 Å². The largest absolute Gasteiger partial charge is 0.367 e. The second kappa shape index (κ2) is 10.8. The second-order valence-electron chi connectivity index (χ2n) is 6.90. The number of hydrogen-bond acceptors (Lipinski definition) is 3. The number of benzene rings is 1. The summed E-state index contributed by atoms with van der Waals surface area (Å²) in [6.07, 6.45) is 4.71. The molecule has 0 radical (unpaired) electrons. The molecule has 6 nitrogen and oxygen atoms in total. The number of aliphatic imine (C=N–C) groups is 1. The van der Waals surface area contributed by atoms with Crippen molar-refractivity contribution < 1.29 is 9.13 Å². The Balaban J connectivity index is 0.00000280. The molecular weight excluding hydrogens is 472 g/mol. The molecule has 2 aromatic rings. The number of nitrogens with one attached hydrogen (secondary N) is 1. The number of aryl methyl sites for hydroxylation is 1. The third-order valence-electron chi connectivity index (χ3n) is 4.56. The zero-order valence-electron chi connectivity index (χ0n) is 16.6. The van der Waals surface area contributed by atoms with Gasteiger partial charge in [-0.1, -0.05) is 12.1 Å². The first kappa shape index (κ1) is 22.6. The fraction of sp³-hybridized carbons (Fsp3) is 0.500. The molecule has 0 saturated carbocycles. The summed E-state index contributed by atoms with van der Waals surface area (Å²) in [7, 11) is 1.92. The van der Waals surface area contributed by atoms with Crippen molar-refractivity contribution >= 4 is 29.9 Å². The monoisotopic (exact) mass is 501 g/mol. The van der Waals surface area contributed by atoms with Gasteiger partial charge in [0.15, 0.2) is 5.96 Å². The molecule has 1 saturated heterocycles. The van der Waals surface area contributed by atoms with Crippen LogP contribution in [0, 0.1) is 5.82 Å². The normalized spacial score (nSPS) is 20.0. The number of nitrogens with zero attached hydrogens (tertiary/aromatic N) is 4. The Kier molecular flexibility index (Phi) is 8.68. The van der Waals surface area contributed by atoms with Gasteiger partial charge in [0.25, 0.3) is 0 Å². The summed E-state index contributed by atoms with van der Waals surface area (Å²) >= 11 is 0. The second-order valence-corrected chi connectivity index (χ2v) is 6.90. The molecule has 1 fully saturated rings. The lowest BCUT2D eigenvalue weighted by Gasteiger charge is -2.38. The van der Waals surface area contributed by atoms with E-state index < -0.39 is 0 Å². The number of aromatic nitrogens is 2. The first-order valence-electron chi connectivity index (χ1n) is 9.47. The van der Waals surface area contributed by atoms with Crippen LogP contribution in [0.4, 0.5) is 4.39 Å². The molecule has 0 amide bonds. The van der Waals surface area contributed by atoms with E-state index in [-0.39, 0.29) is 42.0 Å². The molecule has 0 spiro atoms. The molecule has 2 unspecified atom stereocenters.